The minimum Gasteiger partial charge on any atom is -0.381 e. The molecule has 2 rings (SSSR count). The molecule has 2 fully saturated rings. The van der Waals surface area contributed by atoms with Gasteiger partial charge in [0.15, 0.2) is 5.96 Å². The molecular formula is C20H40IN3O2. The van der Waals surface area contributed by atoms with Gasteiger partial charge in [-0.15, -0.1) is 24.0 Å². The van der Waals surface area contributed by atoms with E-state index in [9.17, 15) is 0 Å². The normalized spacial score (nSPS) is 21.1. The molecule has 0 aromatic heterocycles. The molecule has 1 atom stereocenters. The third kappa shape index (κ3) is 10.3. The summed E-state index contributed by atoms with van der Waals surface area (Å²) < 4.78 is 11.3. The minimum absolute atomic E-state index is 0. The minimum atomic E-state index is 0. The van der Waals surface area contributed by atoms with Crippen molar-refractivity contribution in [2.24, 2.45) is 10.9 Å². The molecule has 0 amide bonds. The van der Waals surface area contributed by atoms with Crippen LogP contribution in [-0.4, -0.2) is 51.5 Å². The third-order valence-corrected chi connectivity index (χ3v) is 5.47. The van der Waals surface area contributed by atoms with E-state index in [4.69, 9.17) is 9.47 Å². The maximum atomic E-state index is 5.90. The largest absolute Gasteiger partial charge is 0.381 e. The maximum Gasteiger partial charge on any atom is 0.191 e. The quantitative estimate of drug-likeness (QED) is 0.225. The summed E-state index contributed by atoms with van der Waals surface area (Å²) in [6.07, 6.45) is 13.3. The molecule has 1 saturated carbocycles. The molecule has 0 aromatic rings. The van der Waals surface area contributed by atoms with E-state index in [1.807, 2.05) is 7.05 Å². The van der Waals surface area contributed by atoms with Crippen molar-refractivity contribution in [2.45, 2.75) is 83.3 Å². The lowest BCUT2D eigenvalue weighted by molar-refractivity contribution is -0.0320. The van der Waals surface area contributed by atoms with Crippen LogP contribution in [0.1, 0.15) is 71.1 Å². The first-order valence-corrected chi connectivity index (χ1v) is 10.4. The molecule has 1 unspecified atom stereocenters. The molecule has 1 aliphatic heterocycles. The Morgan fingerprint density at radius 3 is 2.58 bits per heavy atom. The van der Waals surface area contributed by atoms with E-state index in [2.05, 4.69) is 22.5 Å². The molecule has 2 aliphatic rings. The van der Waals surface area contributed by atoms with Gasteiger partial charge in [-0.2, -0.15) is 0 Å². The van der Waals surface area contributed by atoms with Crippen molar-refractivity contribution in [3.05, 3.63) is 0 Å². The fraction of sp³-hybridized carbons (Fsp3) is 0.950. The van der Waals surface area contributed by atoms with E-state index >= 15 is 0 Å². The number of hydrogen-bond acceptors (Lipinski definition) is 3. The van der Waals surface area contributed by atoms with Gasteiger partial charge in [-0.25, -0.2) is 0 Å². The van der Waals surface area contributed by atoms with E-state index in [-0.39, 0.29) is 24.0 Å². The molecular weight excluding hydrogens is 441 g/mol. The second-order valence-corrected chi connectivity index (χ2v) is 7.66. The fourth-order valence-electron chi connectivity index (χ4n) is 3.83. The third-order valence-electron chi connectivity index (χ3n) is 5.47. The van der Waals surface area contributed by atoms with Crippen molar-refractivity contribution in [1.29, 1.82) is 0 Å². The summed E-state index contributed by atoms with van der Waals surface area (Å²) in [6.45, 7) is 5.67. The zero-order valence-corrected chi connectivity index (χ0v) is 19.1. The molecule has 0 radical (unpaired) electrons. The Balaban J connectivity index is 0.00000338. The molecule has 0 spiro atoms. The zero-order chi connectivity index (χ0) is 17.7. The first kappa shape index (κ1) is 24.0. The summed E-state index contributed by atoms with van der Waals surface area (Å²) in [5, 5.41) is 6.94. The van der Waals surface area contributed by atoms with Crippen molar-refractivity contribution >= 4 is 29.9 Å². The topological polar surface area (TPSA) is 54.9 Å². The van der Waals surface area contributed by atoms with Crippen molar-refractivity contribution in [1.82, 2.24) is 10.6 Å². The van der Waals surface area contributed by atoms with Crippen LogP contribution < -0.4 is 10.6 Å². The molecule has 1 aliphatic carbocycles. The molecule has 2 N–H and O–H groups in total. The van der Waals surface area contributed by atoms with Crippen LogP contribution >= 0.6 is 24.0 Å². The van der Waals surface area contributed by atoms with Gasteiger partial charge in [-0.3, -0.25) is 4.99 Å². The molecule has 0 bridgehead atoms. The molecule has 6 heteroatoms. The lowest BCUT2D eigenvalue weighted by Gasteiger charge is -2.24. The number of nitrogens with zero attached hydrogens (tertiary/aromatic N) is 1. The highest BCUT2D eigenvalue weighted by Gasteiger charge is 2.15. The lowest BCUT2D eigenvalue weighted by Crippen LogP contribution is -2.42. The molecule has 5 nitrogen and oxygen atoms in total. The Morgan fingerprint density at radius 2 is 1.88 bits per heavy atom. The van der Waals surface area contributed by atoms with Crippen molar-refractivity contribution in [3.63, 3.8) is 0 Å². The number of guanidine groups is 1. The Morgan fingerprint density at radius 1 is 1.15 bits per heavy atom. The average molecular weight is 481 g/mol. The predicted octanol–water partition coefficient (Wildman–Crippen LogP) is 4.10. The summed E-state index contributed by atoms with van der Waals surface area (Å²) in [5.74, 6) is 1.87. The van der Waals surface area contributed by atoms with E-state index in [0.717, 1.165) is 57.5 Å². The van der Waals surface area contributed by atoms with Crippen LogP contribution in [-0.2, 0) is 9.47 Å². The number of hydrogen-bond donors (Lipinski definition) is 2. The Bertz CT molecular complexity index is 370. The highest BCUT2D eigenvalue weighted by atomic mass is 127. The number of halogens is 1. The van der Waals surface area contributed by atoms with Crippen LogP contribution in [0.3, 0.4) is 0 Å². The summed E-state index contributed by atoms with van der Waals surface area (Å²) in [6, 6.07) is 0.478. The Kier molecular flexibility index (Phi) is 13.7. The van der Waals surface area contributed by atoms with Gasteiger partial charge < -0.3 is 20.1 Å². The van der Waals surface area contributed by atoms with Crippen LogP contribution in [0.15, 0.2) is 4.99 Å². The zero-order valence-electron chi connectivity index (χ0n) is 16.8. The standard InChI is InChI=1S/C20H39N3O2.HI/c1-17(9-10-18-7-4-3-5-8-18)23-20(21-2)22-13-6-14-25-19-11-15-24-16-12-19;/h17-19H,3-16H2,1-2H3,(H2,21,22,23);1H. The SMILES string of the molecule is CN=C(NCCCOC1CCOCC1)NC(C)CCC1CCCCC1.I. The molecule has 154 valence electrons. The molecule has 26 heavy (non-hydrogen) atoms. The Hall–Kier alpha value is -0.0800. The van der Waals surface area contributed by atoms with Gasteiger partial charge in [-0.05, 0) is 44.9 Å². The number of nitrogens with one attached hydrogen (secondary N) is 2. The average Bonchev–Trinajstić information content (AvgIpc) is 2.67. The number of aliphatic imine (C=N–C) groups is 1. The smallest absolute Gasteiger partial charge is 0.191 e. The summed E-state index contributed by atoms with van der Waals surface area (Å²) in [5.41, 5.74) is 0. The lowest BCUT2D eigenvalue weighted by atomic mass is 9.85. The maximum absolute atomic E-state index is 5.90. The second-order valence-electron chi connectivity index (χ2n) is 7.66. The van der Waals surface area contributed by atoms with Gasteiger partial charge in [0, 0.05) is 39.5 Å². The van der Waals surface area contributed by atoms with Crippen LogP contribution in [0.2, 0.25) is 0 Å². The van der Waals surface area contributed by atoms with E-state index < -0.39 is 0 Å². The van der Waals surface area contributed by atoms with Crippen molar-refractivity contribution in [2.75, 3.05) is 33.4 Å². The Labute approximate surface area is 177 Å². The first-order valence-electron chi connectivity index (χ1n) is 10.4. The van der Waals surface area contributed by atoms with Crippen molar-refractivity contribution in [3.8, 4) is 0 Å². The van der Waals surface area contributed by atoms with Gasteiger partial charge in [0.05, 0.1) is 6.10 Å². The van der Waals surface area contributed by atoms with Gasteiger partial charge in [0.25, 0.3) is 0 Å². The van der Waals surface area contributed by atoms with Gasteiger partial charge in [0.1, 0.15) is 0 Å². The first-order chi connectivity index (χ1) is 12.3. The van der Waals surface area contributed by atoms with E-state index in [1.165, 1.54) is 44.9 Å². The van der Waals surface area contributed by atoms with Gasteiger partial charge >= 0.3 is 0 Å². The summed E-state index contributed by atoms with van der Waals surface area (Å²) >= 11 is 0. The summed E-state index contributed by atoms with van der Waals surface area (Å²) in [4.78, 5) is 4.35. The van der Waals surface area contributed by atoms with E-state index in [0.29, 0.717) is 12.1 Å². The summed E-state index contributed by atoms with van der Waals surface area (Å²) in [7, 11) is 1.85. The molecule has 1 heterocycles. The second kappa shape index (κ2) is 14.9. The van der Waals surface area contributed by atoms with Crippen LogP contribution in [0.5, 0.6) is 0 Å². The highest BCUT2D eigenvalue weighted by Crippen LogP contribution is 2.27. The van der Waals surface area contributed by atoms with E-state index in [1.54, 1.807) is 0 Å². The van der Waals surface area contributed by atoms with Gasteiger partial charge in [0.2, 0.25) is 0 Å². The number of rotatable bonds is 9. The predicted molar refractivity (Wildman–Crippen MR) is 120 cm³/mol. The van der Waals surface area contributed by atoms with Crippen LogP contribution in [0, 0.1) is 5.92 Å². The molecule has 1 saturated heterocycles. The number of ether oxygens (including phenoxy) is 2. The van der Waals surface area contributed by atoms with Crippen LogP contribution in [0.25, 0.3) is 0 Å². The monoisotopic (exact) mass is 481 g/mol. The van der Waals surface area contributed by atoms with Crippen molar-refractivity contribution < 1.29 is 9.47 Å². The van der Waals surface area contributed by atoms with Gasteiger partial charge in [-0.1, -0.05) is 32.1 Å². The van der Waals surface area contributed by atoms with Crippen LogP contribution in [0.4, 0.5) is 0 Å². The molecule has 0 aromatic carbocycles. The highest BCUT2D eigenvalue weighted by molar-refractivity contribution is 14.0. The fourth-order valence-corrected chi connectivity index (χ4v) is 3.83.